The van der Waals surface area contributed by atoms with E-state index in [9.17, 15) is 0 Å². The number of hydrogen-bond acceptors (Lipinski definition) is 1. The van der Waals surface area contributed by atoms with Gasteiger partial charge in [0.25, 0.3) is 0 Å². The molecular weight excluding hydrogens is 352 g/mol. The lowest BCUT2D eigenvalue weighted by atomic mass is 9.88. The molecule has 29 heavy (non-hydrogen) atoms. The fraction of sp³-hybridized carbons (Fsp3) is 0.0714. The van der Waals surface area contributed by atoms with Crippen molar-refractivity contribution in [3.05, 3.63) is 91.0 Å². The molecule has 138 valence electrons. The van der Waals surface area contributed by atoms with Crippen molar-refractivity contribution in [1.29, 1.82) is 0 Å². The molecule has 1 nitrogen and oxygen atoms in total. The van der Waals surface area contributed by atoms with Gasteiger partial charge in [-0.3, -0.25) is 0 Å². The van der Waals surface area contributed by atoms with Crippen LogP contribution in [-0.4, -0.2) is 6.61 Å². The van der Waals surface area contributed by atoms with E-state index >= 15 is 0 Å². The van der Waals surface area contributed by atoms with Crippen LogP contribution < -0.4 is 4.74 Å². The molecule has 0 saturated heterocycles. The summed E-state index contributed by atoms with van der Waals surface area (Å²) >= 11 is 0. The Morgan fingerprint density at radius 1 is 0.552 bits per heavy atom. The van der Waals surface area contributed by atoms with Crippen molar-refractivity contribution < 1.29 is 4.74 Å². The Morgan fingerprint density at radius 2 is 1.21 bits per heavy atom. The predicted octanol–water partition coefficient (Wildman–Crippen LogP) is 7.80. The van der Waals surface area contributed by atoms with Crippen molar-refractivity contribution in [3.63, 3.8) is 0 Å². The highest BCUT2D eigenvalue weighted by Gasteiger charge is 2.16. The van der Waals surface area contributed by atoms with Crippen LogP contribution in [0.2, 0.25) is 0 Å². The van der Waals surface area contributed by atoms with Gasteiger partial charge in [0.15, 0.2) is 0 Å². The highest BCUT2D eigenvalue weighted by molar-refractivity contribution is 6.26. The van der Waals surface area contributed by atoms with E-state index in [1.165, 1.54) is 54.2 Å². The van der Waals surface area contributed by atoms with Gasteiger partial charge in [0, 0.05) is 5.56 Å². The van der Waals surface area contributed by atoms with Crippen LogP contribution in [0.5, 0.6) is 5.75 Å². The third-order valence-electron chi connectivity index (χ3n) is 5.99. The zero-order chi connectivity index (χ0) is 19.4. The largest absolute Gasteiger partial charge is 0.493 e. The minimum absolute atomic E-state index is 0.650. The Bertz CT molecular complexity index is 1490. The zero-order valence-corrected chi connectivity index (χ0v) is 16.3. The van der Waals surface area contributed by atoms with E-state index in [0.29, 0.717) is 6.61 Å². The average Bonchev–Trinajstić information content (AvgIpc) is 2.78. The standard InChI is InChI=1S/C28H20O/c1-2-29-25-17-14-18-6-3-4-9-22(18)28(25)24-16-13-21-11-10-19-7-5-8-20-12-15-23(24)27(21)26(19)20/h3-17H,2H2,1H3. The van der Waals surface area contributed by atoms with E-state index in [1.54, 1.807) is 0 Å². The highest BCUT2D eigenvalue weighted by Crippen LogP contribution is 2.44. The molecule has 0 radical (unpaired) electrons. The molecule has 0 aliphatic heterocycles. The predicted molar refractivity (Wildman–Crippen MR) is 124 cm³/mol. The van der Waals surface area contributed by atoms with E-state index in [2.05, 4.69) is 91.0 Å². The Labute approximate surface area is 169 Å². The quantitative estimate of drug-likeness (QED) is 0.288. The smallest absolute Gasteiger partial charge is 0.127 e. The number of hydrogen-bond donors (Lipinski definition) is 0. The van der Waals surface area contributed by atoms with E-state index < -0.39 is 0 Å². The Hall–Kier alpha value is -3.58. The lowest BCUT2D eigenvalue weighted by Gasteiger charge is -2.18. The van der Waals surface area contributed by atoms with Crippen LogP contribution in [0.25, 0.3) is 54.2 Å². The zero-order valence-electron chi connectivity index (χ0n) is 16.3. The second-order valence-electron chi connectivity index (χ2n) is 7.56. The minimum Gasteiger partial charge on any atom is -0.493 e. The summed E-state index contributed by atoms with van der Waals surface area (Å²) in [5, 5.41) is 10.3. The van der Waals surface area contributed by atoms with Gasteiger partial charge < -0.3 is 4.74 Å². The molecule has 1 heteroatoms. The Kier molecular flexibility index (Phi) is 3.51. The second kappa shape index (κ2) is 6.22. The molecule has 0 atom stereocenters. The molecule has 6 rings (SSSR count). The van der Waals surface area contributed by atoms with Gasteiger partial charge >= 0.3 is 0 Å². The molecule has 0 N–H and O–H groups in total. The molecule has 0 aromatic heterocycles. The van der Waals surface area contributed by atoms with Gasteiger partial charge in [-0.2, -0.15) is 0 Å². The van der Waals surface area contributed by atoms with Crippen LogP contribution in [-0.2, 0) is 0 Å². The van der Waals surface area contributed by atoms with Crippen molar-refractivity contribution in [3.8, 4) is 16.9 Å². The molecule has 6 aromatic carbocycles. The Balaban J connectivity index is 1.80. The highest BCUT2D eigenvalue weighted by atomic mass is 16.5. The molecular formula is C28H20O. The molecule has 6 aromatic rings. The summed E-state index contributed by atoms with van der Waals surface area (Å²) in [5.74, 6) is 0.946. The average molecular weight is 372 g/mol. The molecule has 0 unspecified atom stereocenters. The minimum atomic E-state index is 0.650. The molecule has 0 aliphatic carbocycles. The summed E-state index contributed by atoms with van der Waals surface area (Å²) in [5.41, 5.74) is 2.42. The lowest BCUT2D eigenvalue weighted by Crippen LogP contribution is -1.96. The van der Waals surface area contributed by atoms with Gasteiger partial charge in [0.05, 0.1) is 6.61 Å². The lowest BCUT2D eigenvalue weighted by molar-refractivity contribution is 0.342. The first kappa shape index (κ1) is 16.4. The van der Waals surface area contributed by atoms with Gasteiger partial charge in [-0.25, -0.2) is 0 Å². The fourth-order valence-electron chi connectivity index (χ4n) is 4.76. The third-order valence-corrected chi connectivity index (χ3v) is 5.99. The summed E-state index contributed by atoms with van der Waals surface area (Å²) in [6.45, 7) is 2.69. The maximum absolute atomic E-state index is 6.09. The monoisotopic (exact) mass is 372 g/mol. The van der Waals surface area contributed by atoms with Gasteiger partial charge in [0.2, 0.25) is 0 Å². The first-order valence-electron chi connectivity index (χ1n) is 10.2. The maximum Gasteiger partial charge on any atom is 0.127 e. The van der Waals surface area contributed by atoms with E-state index in [1.807, 2.05) is 6.92 Å². The van der Waals surface area contributed by atoms with Crippen LogP contribution in [0, 0.1) is 0 Å². The van der Waals surface area contributed by atoms with Crippen LogP contribution in [0.4, 0.5) is 0 Å². The topological polar surface area (TPSA) is 9.23 Å². The molecule has 0 saturated carbocycles. The fourth-order valence-corrected chi connectivity index (χ4v) is 4.76. The third kappa shape index (κ3) is 2.34. The maximum atomic E-state index is 6.09. The summed E-state index contributed by atoms with van der Waals surface area (Å²) in [6.07, 6.45) is 0. The van der Waals surface area contributed by atoms with Crippen LogP contribution in [0.1, 0.15) is 6.92 Å². The summed E-state index contributed by atoms with van der Waals surface area (Å²) < 4.78 is 6.09. The van der Waals surface area contributed by atoms with Crippen molar-refractivity contribution in [1.82, 2.24) is 0 Å². The first-order valence-corrected chi connectivity index (χ1v) is 10.2. The molecule has 0 amide bonds. The molecule has 0 bridgehead atoms. The van der Waals surface area contributed by atoms with Gasteiger partial charge in [-0.05, 0) is 61.6 Å². The number of fused-ring (bicyclic) bond motifs is 1. The van der Waals surface area contributed by atoms with E-state index in [-0.39, 0.29) is 0 Å². The van der Waals surface area contributed by atoms with E-state index in [0.717, 1.165) is 5.75 Å². The molecule has 0 aliphatic rings. The van der Waals surface area contributed by atoms with Crippen molar-refractivity contribution in [2.45, 2.75) is 6.92 Å². The van der Waals surface area contributed by atoms with Crippen LogP contribution in [0.15, 0.2) is 91.0 Å². The molecule has 0 heterocycles. The summed E-state index contributed by atoms with van der Waals surface area (Å²) in [7, 11) is 0. The van der Waals surface area contributed by atoms with Crippen molar-refractivity contribution in [2.75, 3.05) is 6.61 Å². The first-order chi connectivity index (χ1) is 14.3. The SMILES string of the molecule is CCOc1ccc2ccccc2c1-c1ccc2ccc3cccc4ccc1c2c34. The van der Waals surface area contributed by atoms with Gasteiger partial charge in [0.1, 0.15) is 5.75 Å². The van der Waals surface area contributed by atoms with E-state index in [4.69, 9.17) is 4.74 Å². The summed E-state index contributed by atoms with van der Waals surface area (Å²) in [6, 6.07) is 32.9. The molecule has 0 fully saturated rings. The normalized spacial score (nSPS) is 11.8. The van der Waals surface area contributed by atoms with Gasteiger partial charge in [-0.1, -0.05) is 84.9 Å². The second-order valence-corrected chi connectivity index (χ2v) is 7.56. The number of rotatable bonds is 3. The number of benzene rings is 6. The molecule has 0 spiro atoms. The number of ether oxygens (including phenoxy) is 1. The Morgan fingerprint density at radius 3 is 2.03 bits per heavy atom. The summed E-state index contributed by atoms with van der Waals surface area (Å²) in [4.78, 5) is 0. The van der Waals surface area contributed by atoms with Crippen molar-refractivity contribution in [2.24, 2.45) is 0 Å². The van der Waals surface area contributed by atoms with Crippen LogP contribution in [0.3, 0.4) is 0 Å². The van der Waals surface area contributed by atoms with Gasteiger partial charge in [-0.15, -0.1) is 0 Å². The van der Waals surface area contributed by atoms with Crippen LogP contribution >= 0.6 is 0 Å². The van der Waals surface area contributed by atoms with Crippen molar-refractivity contribution >= 4 is 43.1 Å².